The van der Waals surface area contributed by atoms with E-state index in [9.17, 15) is 4.79 Å². The number of carbonyl (C=O) groups excluding carboxylic acids is 1. The Morgan fingerprint density at radius 3 is 2.25 bits per heavy atom. The smallest absolute Gasteiger partial charge is 0.155 e. The average Bonchev–Trinajstić information content (AvgIpc) is 1.65. The summed E-state index contributed by atoms with van der Waals surface area (Å²) in [4.78, 5) is 10.2. The van der Waals surface area contributed by atoms with Gasteiger partial charge in [0.25, 0.3) is 0 Å². The first kappa shape index (κ1) is 7.56. The molecule has 0 aliphatic heterocycles. The van der Waals surface area contributed by atoms with Crippen LogP contribution in [0.3, 0.4) is 0 Å². The highest BCUT2D eigenvalue weighted by Gasteiger charge is 1.87. The molecule has 3 heteroatoms. The summed E-state index contributed by atoms with van der Waals surface area (Å²) in [6.07, 6.45) is 1.37. The van der Waals surface area contributed by atoms with Gasteiger partial charge in [0.05, 0.1) is 0 Å². The van der Waals surface area contributed by atoms with Crippen molar-refractivity contribution in [2.24, 2.45) is 0 Å². The van der Waals surface area contributed by atoms with Gasteiger partial charge in [0, 0.05) is 19.0 Å². The molecule has 2 nitrogen and oxygen atoms in total. The first-order valence-electron chi connectivity index (χ1n) is 2.17. The molecule has 0 spiro atoms. The highest BCUT2D eigenvalue weighted by molar-refractivity contribution is 7.75. The van der Waals surface area contributed by atoms with Crippen LogP contribution in [0.2, 0.25) is 0 Å². The largest absolute Gasteiger partial charge is 0.434 e. The number of ketones is 1. The fourth-order valence-corrected chi connectivity index (χ4v) is 0.365. The molecule has 0 aromatic heterocycles. The third-order valence-electron chi connectivity index (χ3n) is 0.551. The second-order valence-electron chi connectivity index (χ2n) is 1.46. The fourth-order valence-electron chi connectivity index (χ4n) is 0.313. The molecule has 0 saturated heterocycles. The van der Waals surface area contributed by atoms with E-state index >= 15 is 0 Å². The third kappa shape index (κ3) is 3.74. The molecule has 0 N–H and O–H groups in total. The lowest BCUT2D eigenvalue weighted by Crippen LogP contribution is -1.83. The van der Waals surface area contributed by atoms with Crippen molar-refractivity contribution in [1.82, 2.24) is 0 Å². The SMILES string of the molecule is CC(=O)/C=C(/C)OS. The van der Waals surface area contributed by atoms with Gasteiger partial charge in [-0.05, 0) is 13.8 Å². The maximum absolute atomic E-state index is 10.2. The molecule has 0 aliphatic rings. The summed E-state index contributed by atoms with van der Waals surface area (Å²) >= 11 is 3.47. The molecule has 46 valence electrons. The van der Waals surface area contributed by atoms with Crippen molar-refractivity contribution in [3.05, 3.63) is 11.8 Å². The fraction of sp³-hybridized carbons (Fsp3) is 0.400. The molecule has 0 aliphatic carbocycles. The van der Waals surface area contributed by atoms with Gasteiger partial charge >= 0.3 is 0 Å². The van der Waals surface area contributed by atoms with E-state index < -0.39 is 0 Å². The standard InChI is InChI=1S/C5H8O2S/c1-4(6)3-5(2)7-8/h3,8H,1-2H3/b5-3-. The Bertz CT molecular complexity index is 118. The highest BCUT2D eigenvalue weighted by Crippen LogP contribution is 1.96. The van der Waals surface area contributed by atoms with Gasteiger partial charge in [0.15, 0.2) is 5.78 Å². The van der Waals surface area contributed by atoms with Crippen molar-refractivity contribution in [2.75, 3.05) is 0 Å². The van der Waals surface area contributed by atoms with Crippen LogP contribution in [0.25, 0.3) is 0 Å². The Hall–Kier alpha value is -0.440. The number of carbonyl (C=O) groups is 1. The second-order valence-corrected chi connectivity index (χ2v) is 1.64. The van der Waals surface area contributed by atoms with Gasteiger partial charge in [-0.3, -0.25) is 4.79 Å². The van der Waals surface area contributed by atoms with Crippen molar-refractivity contribution < 1.29 is 8.98 Å². The number of hydrogen-bond donors (Lipinski definition) is 1. The zero-order chi connectivity index (χ0) is 6.57. The van der Waals surface area contributed by atoms with Crippen LogP contribution >= 0.6 is 12.9 Å². The molecule has 0 bridgehead atoms. The molecule has 0 radical (unpaired) electrons. The van der Waals surface area contributed by atoms with Crippen LogP contribution < -0.4 is 0 Å². The van der Waals surface area contributed by atoms with E-state index in [0.29, 0.717) is 5.76 Å². The Labute approximate surface area is 54.1 Å². The predicted molar refractivity (Wildman–Crippen MR) is 34.5 cm³/mol. The van der Waals surface area contributed by atoms with Gasteiger partial charge < -0.3 is 4.18 Å². The highest BCUT2D eigenvalue weighted by atomic mass is 32.1. The van der Waals surface area contributed by atoms with E-state index in [-0.39, 0.29) is 5.78 Å². The molecule has 0 atom stereocenters. The van der Waals surface area contributed by atoms with Gasteiger partial charge in [-0.15, -0.1) is 0 Å². The van der Waals surface area contributed by atoms with E-state index in [1.807, 2.05) is 0 Å². The van der Waals surface area contributed by atoms with Crippen LogP contribution in [-0.4, -0.2) is 5.78 Å². The predicted octanol–water partition coefficient (Wildman–Crippen LogP) is 1.34. The second kappa shape index (κ2) is 3.55. The molecule has 0 aromatic rings. The van der Waals surface area contributed by atoms with Crippen molar-refractivity contribution in [2.45, 2.75) is 13.8 Å². The van der Waals surface area contributed by atoms with Crippen LogP contribution in [0.5, 0.6) is 0 Å². The van der Waals surface area contributed by atoms with Crippen LogP contribution in [0.4, 0.5) is 0 Å². The van der Waals surface area contributed by atoms with E-state index in [0.717, 1.165) is 0 Å². The van der Waals surface area contributed by atoms with Crippen molar-refractivity contribution in [1.29, 1.82) is 0 Å². The van der Waals surface area contributed by atoms with E-state index in [1.165, 1.54) is 13.0 Å². The lowest BCUT2D eigenvalue weighted by molar-refractivity contribution is -0.112. The molecular weight excluding hydrogens is 124 g/mol. The minimum absolute atomic E-state index is 0.0310. The van der Waals surface area contributed by atoms with Gasteiger partial charge in [-0.1, -0.05) is 0 Å². The van der Waals surface area contributed by atoms with Gasteiger partial charge in [-0.2, -0.15) is 0 Å². The Morgan fingerprint density at radius 2 is 2.12 bits per heavy atom. The summed E-state index contributed by atoms with van der Waals surface area (Å²) in [6.45, 7) is 3.12. The normalized spacial score (nSPS) is 11.1. The summed E-state index contributed by atoms with van der Waals surface area (Å²) in [7, 11) is 0. The molecule has 0 saturated carbocycles. The minimum Gasteiger partial charge on any atom is -0.434 e. The first-order valence-corrected chi connectivity index (χ1v) is 2.53. The van der Waals surface area contributed by atoms with E-state index in [4.69, 9.17) is 0 Å². The number of hydrogen-bond acceptors (Lipinski definition) is 3. The molecule has 0 rings (SSSR count). The quantitative estimate of drug-likeness (QED) is 0.265. The van der Waals surface area contributed by atoms with Crippen LogP contribution in [-0.2, 0) is 8.98 Å². The number of rotatable bonds is 2. The topological polar surface area (TPSA) is 26.3 Å². The van der Waals surface area contributed by atoms with E-state index in [2.05, 4.69) is 17.1 Å². The summed E-state index contributed by atoms with van der Waals surface area (Å²) in [5.74, 6) is 0.484. The van der Waals surface area contributed by atoms with Crippen LogP contribution in [0.15, 0.2) is 11.8 Å². The molecule has 0 aromatic carbocycles. The maximum atomic E-state index is 10.2. The van der Waals surface area contributed by atoms with Crippen molar-refractivity contribution in [3.63, 3.8) is 0 Å². The lowest BCUT2D eigenvalue weighted by atomic mass is 10.4. The number of allylic oxidation sites excluding steroid dienone is 2. The Balaban J connectivity index is 3.75. The van der Waals surface area contributed by atoms with E-state index in [1.54, 1.807) is 6.92 Å². The summed E-state index contributed by atoms with van der Waals surface area (Å²) in [5.41, 5.74) is 0. The Morgan fingerprint density at radius 1 is 1.62 bits per heavy atom. The van der Waals surface area contributed by atoms with Gasteiger partial charge in [-0.25, -0.2) is 0 Å². The van der Waals surface area contributed by atoms with Gasteiger partial charge in [0.2, 0.25) is 0 Å². The summed E-state index contributed by atoms with van der Waals surface area (Å²) < 4.78 is 4.40. The van der Waals surface area contributed by atoms with Crippen LogP contribution in [0, 0.1) is 0 Å². The molecule has 8 heavy (non-hydrogen) atoms. The minimum atomic E-state index is -0.0310. The first-order chi connectivity index (χ1) is 3.66. The summed E-state index contributed by atoms with van der Waals surface area (Å²) in [6, 6.07) is 0. The molecule has 0 unspecified atom stereocenters. The molecule has 0 heterocycles. The zero-order valence-electron chi connectivity index (χ0n) is 4.84. The summed E-state index contributed by atoms with van der Waals surface area (Å²) in [5, 5.41) is 0. The van der Waals surface area contributed by atoms with Crippen LogP contribution in [0.1, 0.15) is 13.8 Å². The monoisotopic (exact) mass is 132 g/mol. The van der Waals surface area contributed by atoms with Gasteiger partial charge in [0.1, 0.15) is 5.76 Å². The lowest BCUT2D eigenvalue weighted by Gasteiger charge is -1.90. The zero-order valence-corrected chi connectivity index (χ0v) is 5.74. The maximum Gasteiger partial charge on any atom is 0.155 e. The third-order valence-corrected chi connectivity index (χ3v) is 0.839. The molecule has 0 amide bonds. The Kier molecular flexibility index (Phi) is 3.35. The molecule has 0 fully saturated rings. The average molecular weight is 132 g/mol. The van der Waals surface area contributed by atoms with Crippen molar-refractivity contribution in [3.8, 4) is 0 Å². The van der Waals surface area contributed by atoms with Crippen molar-refractivity contribution >= 4 is 18.7 Å². The molecular formula is C5H8O2S. The number of thiol groups is 1.